The first-order valence-corrected chi connectivity index (χ1v) is 14.2. The molecule has 0 saturated heterocycles. The van der Waals surface area contributed by atoms with E-state index < -0.39 is 5.60 Å². The zero-order valence-corrected chi connectivity index (χ0v) is 25.4. The summed E-state index contributed by atoms with van der Waals surface area (Å²) < 4.78 is 64.0. The summed E-state index contributed by atoms with van der Waals surface area (Å²) >= 11 is 0. The molecule has 0 aliphatic rings. The standard InChI is InChI=1S/C28H54O13/c1-5-30-6-7-31-8-9-32-10-11-33-12-13-34-14-15-35-16-17-36-18-19-37-20-21-38-22-23-39-24-25-40-26-27(29)41-28(2,3)4/h5H,1,6-26H2,2-4H3. The first-order valence-electron chi connectivity index (χ1n) is 14.2. The van der Waals surface area contributed by atoms with Gasteiger partial charge in [-0.25, -0.2) is 4.79 Å². The predicted octanol–water partition coefficient (Wildman–Crippen LogP) is 1.65. The minimum Gasteiger partial charge on any atom is -0.499 e. The van der Waals surface area contributed by atoms with E-state index in [4.69, 9.17) is 56.8 Å². The number of carbonyl (C=O) groups is 1. The zero-order valence-electron chi connectivity index (χ0n) is 25.4. The third kappa shape index (κ3) is 36.6. The van der Waals surface area contributed by atoms with E-state index >= 15 is 0 Å². The summed E-state index contributed by atoms with van der Waals surface area (Å²) in [5, 5.41) is 0. The fourth-order valence-electron chi connectivity index (χ4n) is 2.70. The van der Waals surface area contributed by atoms with E-state index in [-0.39, 0.29) is 12.6 Å². The molecule has 0 aliphatic carbocycles. The highest BCUT2D eigenvalue weighted by atomic mass is 16.6. The van der Waals surface area contributed by atoms with Crippen molar-refractivity contribution in [2.24, 2.45) is 0 Å². The minimum atomic E-state index is -0.509. The van der Waals surface area contributed by atoms with Crippen LogP contribution in [0.1, 0.15) is 20.8 Å². The van der Waals surface area contributed by atoms with Gasteiger partial charge in [-0.1, -0.05) is 6.58 Å². The third-order valence-electron chi connectivity index (χ3n) is 4.45. The average Bonchev–Trinajstić information content (AvgIpc) is 2.92. The third-order valence-corrected chi connectivity index (χ3v) is 4.45. The van der Waals surface area contributed by atoms with Crippen LogP contribution in [0.4, 0.5) is 0 Å². The molecule has 0 aromatic carbocycles. The molecule has 0 aliphatic heterocycles. The van der Waals surface area contributed by atoms with Gasteiger partial charge in [-0.15, -0.1) is 0 Å². The van der Waals surface area contributed by atoms with Gasteiger partial charge < -0.3 is 56.8 Å². The Morgan fingerprint density at radius 3 is 0.951 bits per heavy atom. The summed E-state index contributed by atoms with van der Waals surface area (Å²) in [6, 6.07) is 0. The number of rotatable bonds is 33. The molecule has 0 N–H and O–H groups in total. The smallest absolute Gasteiger partial charge is 0.332 e. The minimum absolute atomic E-state index is 0.0821. The molecule has 0 amide bonds. The molecule has 0 spiro atoms. The first-order chi connectivity index (χ1) is 20.0. The van der Waals surface area contributed by atoms with Crippen LogP contribution in [0.3, 0.4) is 0 Å². The molecule has 244 valence electrons. The second-order valence-corrected chi connectivity index (χ2v) is 9.19. The van der Waals surface area contributed by atoms with Gasteiger partial charge in [-0.2, -0.15) is 0 Å². The van der Waals surface area contributed by atoms with Crippen molar-refractivity contribution >= 4 is 5.97 Å². The molecule has 0 saturated carbocycles. The van der Waals surface area contributed by atoms with Crippen molar-refractivity contribution in [2.75, 3.05) is 139 Å². The molecule has 0 atom stereocenters. The van der Waals surface area contributed by atoms with E-state index in [0.29, 0.717) is 132 Å². The molecular formula is C28H54O13. The van der Waals surface area contributed by atoms with E-state index in [1.165, 1.54) is 6.26 Å². The zero-order chi connectivity index (χ0) is 30.1. The van der Waals surface area contributed by atoms with E-state index in [2.05, 4.69) is 6.58 Å². The van der Waals surface area contributed by atoms with E-state index in [9.17, 15) is 4.79 Å². The van der Waals surface area contributed by atoms with Crippen molar-refractivity contribution < 1.29 is 61.6 Å². The fraction of sp³-hybridized carbons (Fsp3) is 0.893. The van der Waals surface area contributed by atoms with Crippen LogP contribution in [-0.4, -0.2) is 150 Å². The van der Waals surface area contributed by atoms with Crippen LogP contribution in [0.15, 0.2) is 12.8 Å². The highest BCUT2D eigenvalue weighted by molar-refractivity contribution is 5.71. The van der Waals surface area contributed by atoms with Crippen molar-refractivity contribution in [1.82, 2.24) is 0 Å². The molecular weight excluding hydrogens is 544 g/mol. The van der Waals surface area contributed by atoms with Crippen molar-refractivity contribution in [3.8, 4) is 0 Å². The molecule has 0 aromatic heterocycles. The lowest BCUT2D eigenvalue weighted by atomic mass is 10.2. The van der Waals surface area contributed by atoms with Crippen LogP contribution in [-0.2, 0) is 61.6 Å². The van der Waals surface area contributed by atoms with Gasteiger partial charge in [0.25, 0.3) is 0 Å². The normalized spacial score (nSPS) is 11.6. The maximum atomic E-state index is 11.5. The molecule has 13 heteroatoms. The Hall–Kier alpha value is -1.39. The number of ether oxygens (including phenoxy) is 12. The van der Waals surface area contributed by atoms with Crippen molar-refractivity contribution in [1.29, 1.82) is 0 Å². The Kier molecular flexibility index (Phi) is 30.5. The van der Waals surface area contributed by atoms with Crippen LogP contribution in [0, 0.1) is 0 Å². The van der Waals surface area contributed by atoms with Crippen LogP contribution in [0.2, 0.25) is 0 Å². The fourth-order valence-corrected chi connectivity index (χ4v) is 2.70. The molecule has 41 heavy (non-hydrogen) atoms. The number of hydrogen-bond donors (Lipinski definition) is 0. The lowest BCUT2D eigenvalue weighted by molar-refractivity contribution is -0.160. The quantitative estimate of drug-likeness (QED) is 0.0618. The second kappa shape index (κ2) is 31.5. The Balaban J connectivity index is 3.09. The predicted molar refractivity (Wildman–Crippen MR) is 150 cm³/mol. The molecule has 0 fully saturated rings. The van der Waals surface area contributed by atoms with Gasteiger partial charge in [0.05, 0.1) is 132 Å². The van der Waals surface area contributed by atoms with Crippen LogP contribution >= 0.6 is 0 Å². The van der Waals surface area contributed by atoms with E-state index in [1.54, 1.807) is 0 Å². The Morgan fingerprint density at radius 2 is 0.707 bits per heavy atom. The maximum absolute atomic E-state index is 11.5. The highest BCUT2D eigenvalue weighted by Crippen LogP contribution is 2.06. The van der Waals surface area contributed by atoms with Gasteiger partial charge in [-0.05, 0) is 20.8 Å². The monoisotopic (exact) mass is 598 g/mol. The summed E-state index contributed by atoms with van der Waals surface area (Å²) in [7, 11) is 0. The highest BCUT2D eigenvalue weighted by Gasteiger charge is 2.15. The van der Waals surface area contributed by atoms with E-state index in [0.717, 1.165) is 0 Å². The average molecular weight is 599 g/mol. The SMILES string of the molecule is C=COCCOCCOCCOCCOCCOCCOCCOCCOCCOCCOCC(=O)OC(C)(C)C. The van der Waals surface area contributed by atoms with Crippen molar-refractivity contribution in [2.45, 2.75) is 26.4 Å². The topological polar surface area (TPSA) is 128 Å². The molecule has 0 unspecified atom stereocenters. The van der Waals surface area contributed by atoms with Gasteiger partial charge in [0.2, 0.25) is 0 Å². The molecule has 0 bridgehead atoms. The summed E-state index contributed by atoms with van der Waals surface area (Å²) in [5.74, 6) is -0.386. The summed E-state index contributed by atoms with van der Waals surface area (Å²) in [5.41, 5.74) is -0.509. The van der Waals surface area contributed by atoms with Crippen LogP contribution in [0.5, 0.6) is 0 Å². The summed E-state index contributed by atoms with van der Waals surface area (Å²) in [6.45, 7) is 18.5. The van der Waals surface area contributed by atoms with Crippen molar-refractivity contribution in [3.63, 3.8) is 0 Å². The van der Waals surface area contributed by atoms with Gasteiger partial charge >= 0.3 is 5.97 Å². The van der Waals surface area contributed by atoms with Gasteiger partial charge in [0.15, 0.2) is 0 Å². The van der Waals surface area contributed by atoms with Gasteiger partial charge in [0.1, 0.15) is 18.8 Å². The van der Waals surface area contributed by atoms with Gasteiger partial charge in [-0.3, -0.25) is 0 Å². The number of esters is 1. The molecule has 13 nitrogen and oxygen atoms in total. The van der Waals surface area contributed by atoms with E-state index in [1.807, 2.05) is 20.8 Å². The molecule has 0 aromatic rings. The summed E-state index contributed by atoms with van der Waals surface area (Å²) in [4.78, 5) is 11.5. The Bertz CT molecular complexity index is 558. The lowest BCUT2D eigenvalue weighted by Gasteiger charge is -2.19. The maximum Gasteiger partial charge on any atom is 0.332 e. The second-order valence-electron chi connectivity index (χ2n) is 9.19. The Morgan fingerprint density at radius 1 is 0.463 bits per heavy atom. The summed E-state index contributed by atoms with van der Waals surface area (Å²) in [6.07, 6.45) is 1.39. The molecule has 0 rings (SSSR count). The largest absolute Gasteiger partial charge is 0.499 e. The molecule has 0 heterocycles. The Labute approximate surface area is 245 Å². The van der Waals surface area contributed by atoms with Crippen LogP contribution in [0.25, 0.3) is 0 Å². The lowest BCUT2D eigenvalue weighted by Crippen LogP contribution is -2.27. The first kappa shape index (κ1) is 39.6. The number of hydrogen-bond acceptors (Lipinski definition) is 13. The van der Waals surface area contributed by atoms with Crippen molar-refractivity contribution in [3.05, 3.63) is 12.8 Å². The molecule has 0 radical (unpaired) electrons. The van der Waals surface area contributed by atoms with Gasteiger partial charge in [0, 0.05) is 0 Å². The number of carbonyl (C=O) groups excluding carboxylic acids is 1. The van der Waals surface area contributed by atoms with Crippen LogP contribution < -0.4 is 0 Å².